The first-order valence-electron chi connectivity index (χ1n) is 7.64. The van der Waals surface area contributed by atoms with Gasteiger partial charge in [-0.15, -0.1) is 0 Å². The van der Waals surface area contributed by atoms with Crippen molar-refractivity contribution in [2.45, 2.75) is 13.0 Å². The third kappa shape index (κ3) is 4.17. The molecule has 1 unspecified atom stereocenters. The van der Waals surface area contributed by atoms with Crippen LogP contribution in [0.15, 0.2) is 48.5 Å². The van der Waals surface area contributed by atoms with E-state index < -0.39 is 4.92 Å². The number of carbonyl (C=O) groups is 1. The first kappa shape index (κ1) is 17.6. The second kappa shape index (κ2) is 7.70. The lowest BCUT2D eigenvalue weighted by Gasteiger charge is -2.25. The summed E-state index contributed by atoms with van der Waals surface area (Å²) in [5.74, 6) is -0.194. The fraction of sp³-hybridized carbons (Fsp3) is 0.278. The van der Waals surface area contributed by atoms with E-state index in [4.69, 9.17) is 0 Å². The molecule has 126 valence electrons. The molecule has 1 atom stereocenters. The fourth-order valence-electron chi connectivity index (χ4n) is 2.53. The number of hydrogen-bond acceptors (Lipinski definition) is 5. The third-order valence-corrected chi connectivity index (χ3v) is 3.89. The minimum absolute atomic E-state index is 0.0679. The summed E-state index contributed by atoms with van der Waals surface area (Å²) < 4.78 is 0. The topological polar surface area (TPSA) is 75.5 Å². The SMILES string of the molecule is CC(=O)c1ccc(NCC(c2ccccc2)N(C)C)c([N+](=O)[O-])c1. The van der Waals surface area contributed by atoms with E-state index in [1.165, 1.54) is 13.0 Å². The van der Waals surface area contributed by atoms with E-state index in [1.807, 2.05) is 44.4 Å². The third-order valence-electron chi connectivity index (χ3n) is 3.89. The summed E-state index contributed by atoms with van der Waals surface area (Å²) in [7, 11) is 3.93. The maximum atomic E-state index is 11.4. The summed E-state index contributed by atoms with van der Waals surface area (Å²) in [6, 6.07) is 14.5. The number of rotatable bonds is 7. The lowest BCUT2D eigenvalue weighted by molar-refractivity contribution is -0.384. The monoisotopic (exact) mass is 327 g/mol. The zero-order valence-electron chi connectivity index (χ0n) is 14.0. The molecule has 0 radical (unpaired) electrons. The first-order valence-corrected chi connectivity index (χ1v) is 7.64. The molecule has 0 aromatic heterocycles. The number of nitrogens with zero attached hydrogens (tertiary/aromatic N) is 2. The molecule has 24 heavy (non-hydrogen) atoms. The van der Waals surface area contributed by atoms with Crippen LogP contribution >= 0.6 is 0 Å². The molecule has 0 saturated heterocycles. The quantitative estimate of drug-likeness (QED) is 0.478. The lowest BCUT2D eigenvalue weighted by atomic mass is 10.1. The van der Waals surface area contributed by atoms with Crippen molar-refractivity contribution in [1.82, 2.24) is 4.90 Å². The van der Waals surface area contributed by atoms with Crippen molar-refractivity contribution in [3.63, 3.8) is 0 Å². The average Bonchev–Trinajstić information content (AvgIpc) is 2.55. The molecule has 0 bridgehead atoms. The number of anilines is 1. The smallest absolute Gasteiger partial charge is 0.293 e. The van der Waals surface area contributed by atoms with Crippen LogP contribution in [0.25, 0.3) is 0 Å². The average molecular weight is 327 g/mol. The summed E-state index contributed by atoms with van der Waals surface area (Å²) in [5, 5.41) is 14.4. The van der Waals surface area contributed by atoms with Gasteiger partial charge in [0.1, 0.15) is 5.69 Å². The standard InChI is InChI=1S/C18H21N3O3/c1-13(22)15-9-10-16(17(11-15)21(23)24)19-12-18(20(2)3)14-7-5-4-6-8-14/h4-11,18-19H,12H2,1-3H3. The lowest BCUT2D eigenvalue weighted by Crippen LogP contribution is -2.27. The molecule has 6 nitrogen and oxygen atoms in total. The summed E-state index contributed by atoms with van der Waals surface area (Å²) in [5.41, 5.74) is 1.78. The van der Waals surface area contributed by atoms with Crippen LogP contribution in [0.4, 0.5) is 11.4 Å². The largest absolute Gasteiger partial charge is 0.378 e. The summed E-state index contributed by atoms with van der Waals surface area (Å²) in [4.78, 5) is 24.3. The predicted molar refractivity (Wildman–Crippen MR) is 94.5 cm³/mol. The maximum absolute atomic E-state index is 11.4. The highest BCUT2D eigenvalue weighted by molar-refractivity contribution is 5.95. The molecule has 0 saturated carbocycles. The molecule has 0 fully saturated rings. The molecule has 0 aliphatic heterocycles. The number of nitrogens with one attached hydrogen (secondary N) is 1. The van der Waals surface area contributed by atoms with Crippen LogP contribution in [0.5, 0.6) is 0 Å². The van der Waals surface area contributed by atoms with E-state index >= 15 is 0 Å². The number of ketones is 1. The van der Waals surface area contributed by atoms with Gasteiger partial charge < -0.3 is 10.2 Å². The van der Waals surface area contributed by atoms with E-state index in [9.17, 15) is 14.9 Å². The fourth-order valence-corrected chi connectivity index (χ4v) is 2.53. The van der Waals surface area contributed by atoms with Gasteiger partial charge in [-0.3, -0.25) is 14.9 Å². The van der Waals surface area contributed by atoms with E-state index in [1.54, 1.807) is 12.1 Å². The van der Waals surface area contributed by atoms with Crippen molar-refractivity contribution < 1.29 is 9.72 Å². The Bertz CT molecular complexity index is 730. The highest BCUT2D eigenvalue weighted by Gasteiger charge is 2.19. The molecule has 2 aromatic rings. The zero-order chi connectivity index (χ0) is 17.7. The van der Waals surface area contributed by atoms with Gasteiger partial charge in [0.05, 0.1) is 11.0 Å². The molecule has 0 heterocycles. The Morgan fingerprint density at radius 3 is 2.42 bits per heavy atom. The molecular weight excluding hydrogens is 306 g/mol. The molecule has 0 aliphatic carbocycles. The number of Topliss-reactive ketones (excluding diaryl/α,β-unsaturated/α-hetero) is 1. The Balaban J connectivity index is 2.23. The van der Waals surface area contributed by atoms with Crippen LogP contribution in [-0.4, -0.2) is 36.2 Å². The van der Waals surface area contributed by atoms with Gasteiger partial charge in [-0.2, -0.15) is 0 Å². The number of nitro groups is 1. The van der Waals surface area contributed by atoms with Crippen molar-refractivity contribution in [2.24, 2.45) is 0 Å². The number of likely N-dealkylation sites (N-methyl/N-ethyl adjacent to an activating group) is 1. The Hall–Kier alpha value is -2.73. The highest BCUT2D eigenvalue weighted by atomic mass is 16.6. The van der Waals surface area contributed by atoms with Gasteiger partial charge in [0.2, 0.25) is 0 Å². The molecule has 2 rings (SSSR count). The zero-order valence-corrected chi connectivity index (χ0v) is 14.0. The molecular formula is C18H21N3O3. The van der Waals surface area contributed by atoms with Gasteiger partial charge in [0.25, 0.3) is 5.69 Å². The predicted octanol–water partition coefficient (Wildman–Crippen LogP) is 3.51. The number of nitro benzene ring substituents is 1. The Morgan fingerprint density at radius 2 is 1.88 bits per heavy atom. The van der Waals surface area contributed by atoms with Crippen LogP contribution < -0.4 is 5.32 Å². The Labute approximate surface area is 141 Å². The number of hydrogen-bond donors (Lipinski definition) is 1. The minimum Gasteiger partial charge on any atom is -0.378 e. The van der Waals surface area contributed by atoms with Crippen molar-refractivity contribution >= 4 is 17.2 Å². The van der Waals surface area contributed by atoms with Crippen LogP contribution in [0, 0.1) is 10.1 Å². The van der Waals surface area contributed by atoms with Gasteiger partial charge in [-0.1, -0.05) is 30.3 Å². The first-order chi connectivity index (χ1) is 11.4. The minimum atomic E-state index is -0.470. The van der Waals surface area contributed by atoms with E-state index in [-0.39, 0.29) is 17.5 Å². The normalized spacial score (nSPS) is 12.0. The molecule has 0 amide bonds. The molecule has 1 N–H and O–H groups in total. The molecule has 6 heteroatoms. The molecule has 0 aliphatic rings. The molecule has 0 spiro atoms. The van der Waals surface area contributed by atoms with Crippen molar-refractivity contribution in [3.05, 3.63) is 69.8 Å². The van der Waals surface area contributed by atoms with Crippen molar-refractivity contribution in [3.8, 4) is 0 Å². The van der Waals surface area contributed by atoms with Gasteiger partial charge in [-0.05, 0) is 38.7 Å². The highest BCUT2D eigenvalue weighted by Crippen LogP contribution is 2.27. The number of benzene rings is 2. The summed E-state index contributed by atoms with van der Waals surface area (Å²) >= 11 is 0. The van der Waals surface area contributed by atoms with Gasteiger partial charge >= 0.3 is 0 Å². The van der Waals surface area contributed by atoms with E-state index in [0.29, 0.717) is 17.8 Å². The molecule has 2 aromatic carbocycles. The number of carbonyl (C=O) groups excluding carboxylic acids is 1. The van der Waals surface area contributed by atoms with Crippen LogP contribution in [0.3, 0.4) is 0 Å². The van der Waals surface area contributed by atoms with Gasteiger partial charge in [0, 0.05) is 18.2 Å². The second-order valence-electron chi connectivity index (χ2n) is 5.82. The van der Waals surface area contributed by atoms with Crippen molar-refractivity contribution in [1.29, 1.82) is 0 Å². The summed E-state index contributed by atoms with van der Waals surface area (Å²) in [6.07, 6.45) is 0. The van der Waals surface area contributed by atoms with Crippen LogP contribution in [0.2, 0.25) is 0 Å². The van der Waals surface area contributed by atoms with Gasteiger partial charge in [-0.25, -0.2) is 0 Å². The van der Waals surface area contributed by atoms with Crippen LogP contribution in [0.1, 0.15) is 28.9 Å². The van der Waals surface area contributed by atoms with E-state index in [0.717, 1.165) is 5.56 Å². The second-order valence-corrected chi connectivity index (χ2v) is 5.82. The van der Waals surface area contributed by atoms with E-state index in [2.05, 4.69) is 10.2 Å². The Morgan fingerprint density at radius 1 is 1.21 bits per heavy atom. The van der Waals surface area contributed by atoms with Crippen molar-refractivity contribution in [2.75, 3.05) is 26.0 Å². The maximum Gasteiger partial charge on any atom is 0.293 e. The Kier molecular flexibility index (Phi) is 5.65. The van der Waals surface area contributed by atoms with Crippen LogP contribution in [-0.2, 0) is 0 Å². The summed E-state index contributed by atoms with van der Waals surface area (Å²) in [6.45, 7) is 1.90. The van der Waals surface area contributed by atoms with Gasteiger partial charge in [0.15, 0.2) is 5.78 Å².